The zero-order valence-corrected chi connectivity index (χ0v) is 16.5. The van der Waals surface area contributed by atoms with Gasteiger partial charge in [-0.2, -0.15) is 4.31 Å². The molecule has 28 heavy (non-hydrogen) atoms. The molecule has 0 radical (unpaired) electrons. The monoisotopic (exact) mass is 408 g/mol. The first-order chi connectivity index (χ1) is 13.2. The highest BCUT2D eigenvalue weighted by molar-refractivity contribution is 7.89. The number of carbonyl (C=O) groups excluding carboxylic acids is 1. The number of hydrogen-bond acceptors (Lipinski definition) is 3. The van der Waals surface area contributed by atoms with E-state index < -0.39 is 27.6 Å². The van der Waals surface area contributed by atoms with E-state index in [0.717, 1.165) is 18.6 Å². The Labute approximate surface area is 163 Å². The summed E-state index contributed by atoms with van der Waals surface area (Å²) in [7, 11) is -3.73. The van der Waals surface area contributed by atoms with Gasteiger partial charge in [0.2, 0.25) is 10.0 Å². The minimum atomic E-state index is -3.73. The van der Waals surface area contributed by atoms with E-state index in [2.05, 4.69) is 5.32 Å². The highest BCUT2D eigenvalue weighted by Crippen LogP contribution is 2.27. The highest BCUT2D eigenvalue weighted by Gasteiger charge is 2.32. The average Bonchev–Trinajstić information content (AvgIpc) is 2.64. The van der Waals surface area contributed by atoms with E-state index in [0.29, 0.717) is 13.1 Å². The number of carbonyl (C=O) groups is 1. The van der Waals surface area contributed by atoms with Crippen molar-refractivity contribution in [2.75, 3.05) is 18.4 Å². The molecule has 1 N–H and O–H groups in total. The Bertz CT molecular complexity index is 985. The maximum atomic E-state index is 13.3. The first-order valence-electron chi connectivity index (χ1n) is 9.03. The molecule has 1 aliphatic rings. The van der Waals surface area contributed by atoms with Crippen molar-refractivity contribution in [3.63, 3.8) is 0 Å². The van der Waals surface area contributed by atoms with Crippen LogP contribution in [0.25, 0.3) is 0 Å². The molecule has 2 aromatic rings. The van der Waals surface area contributed by atoms with Crippen LogP contribution in [0.5, 0.6) is 0 Å². The minimum Gasteiger partial charge on any atom is -0.322 e. The smallest absolute Gasteiger partial charge is 0.255 e. The van der Waals surface area contributed by atoms with Crippen molar-refractivity contribution in [1.29, 1.82) is 0 Å². The van der Waals surface area contributed by atoms with Crippen molar-refractivity contribution >= 4 is 21.6 Å². The summed E-state index contributed by atoms with van der Waals surface area (Å²) in [4.78, 5) is 12.5. The molecule has 1 aliphatic heterocycles. The summed E-state index contributed by atoms with van der Waals surface area (Å²) in [5, 5.41) is 2.44. The van der Waals surface area contributed by atoms with Crippen LogP contribution in [0.15, 0.2) is 47.4 Å². The molecule has 1 heterocycles. The van der Waals surface area contributed by atoms with Gasteiger partial charge < -0.3 is 5.32 Å². The Morgan fingerprint density at radius 2 is 1.71 bits per heavy atom. The standard InChI is InChI=1S/C20H22F2N2O3S/c1-13-8-14(2)12-24(11-13)28(26,27)17-5-3-4-15(9-17)20(25)23-16-6-7-18(21)19(22)10-16/h3-7,9-10,13-14H,8,11-12H2,1-2H3,(H,23,25). The molecule has 0 saturated carbocycles. The molecule has 1 amide bonds. The summed E-state index contributed by atoms with van der Waals surface area (Å²) in [6, 6.07) is 8.71. The fourth-order valence-electron chi connectivity index (χ4n) is 3.53. The van der Waals surface area contributed by atoms with Crippen molar-refractivity contribution in [1.82, 2.24) is 4.31 Å². The molecule has 0 spiro atoms. The number of amides is 1. The molecule has 3 rings (SSSR count). The Morgan fingerprint density at radius 1 is 1.04 bits per heavy atom. The van der Waals surface area contributed by atoms with Crippen LogP contribution < -0.4 is 5.32 Å². The second-order valence-electron chi connectivity index (χ2n) is 7.38. The fourth-order valence-corrected chi connectivity index (χ4v) is 5.25. The van der Waals surface area contributed by atoms with Gasteiger partial charge in [-0.05, 0) is 48.6 Å². The van der Waals surface area contributed by atoms with Gasteiger partial charge in [0.05, 0.1) is 4.90 Å². The van der Waals surface area contributed by atoms with E-state index >= 15 is 0 Å². The van der Waals surface area contributed by atoms with Gasteiger partial charge >= 0.3 is 0 Å². The number of nitrogens with zero attached hydrogens (tertiary/aromatic N) is 1. The van der Waals surface area contributed by atoms with Crippen molar-refractivity contribution in [2.45, 2.75) is 25.2 Å². The van der Waals surface area contributed by atoms with Crippen LogP contribution in [0.3, 0.4) is 0 Å². The Morgan fingerprint density at radius 3 is 2.36 bits per heavy atom. The lowest BCUT2D eigenvalue weighted by Crippen LogP contribution is -2.42. The molecule has 1 saturated heterocycles. The van der Waals surface area contributed by atoms with Crippen LogP contribution in [0.4, 0.5) is 14.5 Å². The second kappa shape index (κ2) is 7.97. The molecule has 0 bridgehead atoms. The molecule has 1 fully saturated rings. The third-order valence-corrected chi connectivity index (χ3v) is 6.57. The molecule has 2 atom stereocenters. The molecule has 150 valence electrons. The normalized spacial score (nSPS) is 20.7. The lowest BCUT2D eigenvalue weighted by molar-refractivity contribution is 0.102. The molecular weight excluding hydrogens is 386 g/mol. The van der Waals surface area contributed by atoms with E-state index in [1.165, 1.54) is 34.6 Å². The predicted octanol–water partition coefficient (Wildman–Crippen LogP) is 3.88. The quantitative estimate of drug-likeness (QED) is 0.835. The van der Waals surface area contributed by atoms with Crippen molar-refractivity contribution < 1.29 is 22.0 Å². The SMILES string of the molecule is CC1CC(C)CN(S(=O)(=O)c2cccc(C(=O)Nc3ccc(F)c(F)c3)c2)C1. The van der Waals surface area contributed by atoms with Gasteiger partial charge in [-0.1, -0.05) is 19.9 Å². The number of sulfonamides is 1. The maximum absolute atomic E-state index is 13.3. The Balaban J connectivity index is 1.83. The summed E-state index contributed by atoms with van der Waals surface area (Å²) in [5.41, 5.74) is 0.194. The number of benzene rings is 2. The summed E-state index contributed by atoms with van der Waals surface area (Å²) >= 11 is 0. The van der Waals surface area contributed by atoms with Crippen molar-refractivity contribution in [3.8, 4) is 0 Å². The maximum Gasteiger partial charge on any atom is 0.255 e. The van der Waals surface area contributed by atoms with E-state index in [9.17, 15) is 22.0 Å². The van der Waals surface area contributed by atoms with Crippen molar-refractivity contribution in [3.05, 3.63) is 59.7 Å². The molecule has 2 unspecified atom stereocenters. The Kier molecular flexibility index (Phi) is 5.81. The predicted molar refractivity (Wildman–Crippen MR) is 102 cm³/mol. The van der Waals surface area contributed by atoms with Gasteiger partial charge in [0, 0.05) is 30.4 Å². The number of halogens is 2. The van der Waals surface area contributed by atoms with Gasteiger partial charge in [0.15, 0.2) is 11.6 Å². The lowest BCUT2D eigenvalue weighted by Gasteiger charge is -2.34. The largest absolute Gasteiger partial charge is 0.322 e. The van der Waals surface area contributed by atoms with Gasteiger partial charge in [0.25, 0.3) is 5.91 Å². The summed E-state index contributed by atoms with van der Waals surface area (Å²) in [5.74, 6) is -2.18. The Hall–Kier alpha value is -2.32. The number of nitrogens with one attached hydrogen (secondary N) is 1. The van der Waals surface area contributed by atoms with Gasteiger partial charge in [0.1, 0.15) is 0 Å². The van der Waals surface area contributed by atoms with E-state index in [1.807, 2.05) is 13.8 Å². The minimum absolute atomic E-state index is 0.0340. The summed E-state index contributed by atoms with van der Waals surface area (Å²) < 4.78 is 53.8. The van der Waals surface area contributed by atoms with Crippen LogP contribution >= 0.6 is 0 Å². The zero-order chi connectivity index (χ0) is 20.5. The molecule has 2 aromatic carbocycles. The summed E-state index contributed by atoms with van der Waals surface area (Å²) in [6.07, 6.45) is 0.975. The molecule has 5 nitrogen and oxygen atoms in total. The van der Waals surface area contributed by atoms with Crippen LogP contribution in [0, 0.1) is 23.5 Å². The number of piperidine rings is 1. The zero-order valence-electron chi connectivity index (χ0n) is 15.7. The highest BCUT2D eigenvalue weighted by atomic mass is 32.2. The van der Waals surface area contributed by atoms with Crippen LogP contribution in [0.2, 0.25) is 0 Å². The topological polar surface area (TPSA) is 66.5 Å². The van der Waals surface area contributed by atoms with Crippen LogP contribution in [-0.2, 0) is 10.0 Å². The number of hydrogen-bond donors (Lipinski definition) is 1. The third kappa shape index (κ3) is 4.39. The summed E-state index contributed by atoms with van der Waals surface area (Å²) in [6.45, 7) is 4.92. The van der Waals surface area contributed by atoms with Gasteiger partial charge in [-0.25, -0.2) is 17.2 Å². The molecular formula is C20H22F2N2O3S. The van der Waals surface area contributed by atoms with E-state index in [-0.39, 0.29) is 28.0 Å². The molecule has 8 heteroatoms. The van der Waals surface area contributed by atoms with Gasteiger partial charge in [-0.15, -0.1) is 0 Å². The lowest BCUT2D eigenvalue weighted by atomic mass is 9.94. The molecule has 0 aromatic heterocycles. The second-order valence-corrected chi connectivity index (χ2v) is 9.32. The number of rotatable bonds is 4. The molecule has 0 aliphatic carbocycles. The van der Waals surface area contributed by atoms with Gasteiger partial charge in [-0.3, -0.25) is 4.79 Å². The average molecular weight is 408 g/mol. The number of anilines is 1. The van der Waals surface area contributed by atoms with E-state index in [4.69, 9.17) is 0 Å². The first kappa shape index (κ1) is 20.4. The fraction of sp³-hybridized carbons (Fsp3) is 0.350. The van der Waals surface area contributed by atoms with Crippen molar-refractivity contribution in [2.24, 2.45) is 11.8 Å². The van der Waals surface area contributed by atoms with E-state index in [1.54, 1.807) is 0 Å². The van der Waals surface area contributed by atoms with Crippen LogP contribution in [-0.4, -0.2) is 31.7 Å². The first-order valence-corrected chi connectivity index (χ1v) is 10.5. The van der Waals surface area contributed by atoms with Crippen LogP contribution in [0.1, 0.15) is 30.6 Å². The third-order valence-electron chi connectivity index (χ3n) is 4.75.